The van der Waals surface area contributed by atoms with Crippen LogP contribution in [0, 0.1) is 17.6 Å². The van der Waals surface area contributed by atoms with Crippen LogP contribution in [0.4, 0.5) is 8.78 Å². The molecule has 24 heavy (non-hydrogen) atoms. The normalized spacial score (nSPS) is 34.2. The van der Waals surface area contributed by atoms with Crippen molar-refractivity contribution >= 4 is 5.91 Å². The van der Waals surface area contributed by atoms with Gasteiger partial charge in [-0.3, -0.25) is 9.69 Å². The monoisotopic (exact) mass is 332 g/mol. The smallest absolute Gasteiger partial charge is 0.226 e. The summed E-state index contributed by atoms with van der Waals surface area (Å²) >= 11 is 0. The molecule has 4 aliphatic heterocycles. The summed E-state index contributed by atoms with van der Waals surface area (Å²) in [7, 11) is 0. The van der Waals surface area contributed by atoms with Crippen molar-refractivity contribution in [3.05, 3.63) is 48.1 Å². The number of amides is 1. The molecule has 0 saturated carbocycles. The van der Waals surface area contributed by atoms with Crippen molar-refractivity contribution in [2.24, 2.45) is 5.92 Å². The van der Waals surface area contributed by atoms with Crippen LogP contribution < -0.4 is 0 Å². The number of carbonyl (C=O) groups excluding carboxylic acids is 1. The van der Waals surface area contributed by atoms with E-state index in [9.17, 15) is 13.6 Å². The van der Waals surface area contributed by atoms with Gasteiger partial charge in [0.1, 0.15) is 0 Å². The zero-order chi connectivity index (χ0) is 16.8. The van der Waals surface area contributed by atoms with Crippen molar-refractivity contribution in [3.63, 3.8) is 0 Å². The van der Waals surface area contributed by atoms with Gasteiger partial charge in [0.15, 0.2) is 11.6 Å². The van der Waals surface area contributed by atoms with Crippen LogP contribution in [0.5, 0.6) is 0 Å². The first-order valence-electron chi connectivity index (χ1n) is 8.70. The average Bonchev–Trinajstić information content (AvgIpc) is 3.01. The van der Waals surface area contributed by atoms with Gasteiger partial charge in [0.25, 0.3) is 0 Å². The van der Waals surface area contributed by atoms with Crippen molar-refractivity contribution in [1.29, 1.82) is 0 Å². The van der Waals surface area contributed by atoms with E-state index in [1.165, 1.54) is 0 Å². The Labute approximate surface area is 140 Å². The van der Waals surface area contributed by atoms with E-state index < -0.39 is 11.6 Å². The van der Waals surface area contributed by atoms with E-state index in [2.05, 4.69) is 11.5 Å². The zero-order valence-electron chi connectivity index (χ0n) is 13.6. The summed E-state index contributed by atoms with van der Waals surface area (Å²) in [5.41, 5.74) is 0.409. The van der Waals surface area contributed by atoms with Gasteiger partial charge in [-0.15, -0.1) is 6.58 Å². The Bertz CT molecular complexity index is 669. The van der Waals surface area contributed by atoms with Gasteiger partial charge in [0, 0.05) is 24.9 Å². The van der Waals surface area contributed by atoms with Gasteiger partial charge < -0.3 is 4.90 Å². The number of hydrogen-bond acceptors (Lipinski definition) is 2. The van der Waals surface area contributed by atoms with Gasteiger partial charge in [0.2, 0.25) is 5.91 Å². The topological polar surface area (TPSA) is 23.6 Å². The minimum Gasteiger partial charge on any atom is -0.337 e. The molecule has 1 amide bonds. The lowest BCUT2D eigenvalue weighted by molar-refractivity contribution is -0.135. The Morgan fingerprint density at radius 1 is 1.25 bits per heavy atom. The van der Waals surface area contributed by atoms with Gasteiger partial charge in [-0.05, 0) is 43.5 Å². The molecular weight excluding hydrogens is 310 g/mol. The number of nitrogens with zero attached hydrogens (tertiary/aromatic N) is 2. The lowest BCUT2D eigenvalue weighted by Gasteiger charge is -2.51. The molecule has 0 unspecified atom stereocenters. The molecule has 4 saturated heterocycles. The van der Waals surface area contributed by atoms with Crippen LogP contribution in [0.2, 0.25) is 0 Å². The summed E-state index contributed by atoms with van der Waals surface area (Å²) in [6.07, 6.45) is 4.08. The largest absolute Gasteiger partial charge is 0.337 e. The third-order valence-corrected chi connectivity index (χ3v) is 6.01. The van der Waals surface area contributed by atoms with Crippen LogP contribution >= 0.6 is 0 Å². The number of halogens is 2. The Hall–Kier alpha value is -1.75. The van der Waals surface area contributed by atoms with Crippen molar-refractivity contribution in [2.75, 3.05) is 19.6 Å². The van der Waals surface area contributed by atoms with Gasteiger partial charge in [0.05, 0.1) is 6.04 Å². The fourth-order valence-electron chi connectivity index (χ4n) is 5.02. The van der Waals surface area contributed by atoms with E-state index >= 15 is 0 Å². The molecule has 0 radical (unpaired) electrons. The number of rotatable bonds is 3. The first-order chi connectivity index (χ1) is 11.6. The quantitative estimate of drug-likeness (QED) is 0.795. The third-order valence-electron chi connectivity index (χ3n) is 6.01. The molecule has 1 aromatic carbocycles. The van der Waals surface area contributed by atoms with E-state index in [-0.39, 0.29) is 23.9 Å². The molecule has 4 heterocycles. The summed E-state index contributed by atoms with van der Waals surface area (Å²) in [6, 6.07) is 4.60. The first kappa shape index (κ1) is 15.8. The van der Waals surface area contributed by atoms with Crippen LogP contribution in [0.3, 0.4) is 0 Å². The number of carbonyl (C=O) groups is 1. The fourth-order valence-corrected chi connectivity index (χ4v) is 5.02. The highest BCUT2D eigenvalue weighted by Crippen LogP contribution is 2.47. The molecule has 0 spiro atoms. The van der Waals surface area contributed by atoms with Crippen LogP contribution in [0.1, 0.15) is 30.7 Å². The maximum atomic E-state index is 14.4. The van der Waals surface area contributed by atoms with Crippen LogP contribution in [-0.2, 0) is 4.79 Å². The summed E-state index contributed by atoms with van der Waals surface area (Å²) in [4.78, 5) is 16.9. The van der Waals surface area contributed by atoms with E-state index in [0.29, 0.717) is 24.4 Å². The van der Waals surface area contributed by atoms with Gasteiger partial charge in [-0.25, -0.2) is 8.78 Å². The molecule has 128 valence electrons. The second-order valence-electron chi connectivity index (χ2n) is 7.14. The van der Waals surface area contributed by atoms with Crippen LogP contribution in [0.15, 0.2) is 30.9 Å². The fraction of sp³-hybridized carbons (Fsp3) is 0.526. The highest BCUT2D eigenvalue weighted by molar-refractivity contribution is 5.78. The van der Waals surface area contributed by atoms with Crippen molar-refractivity contribution < 1.29 is 13.6 Å². The van der Waals surface area contributed by atoms with E-state index in [0.717, 1.165) is 32.0 Å². The first-order valence-corrected chi connectivity index (χ1v) is 8.70. The van der Waals surface area contributed by atoms with E-state index in [1.54, 1.807) is 18.2 Å². The molecule has 3 atom stereocenters. The second-order valence-corrected chi connectivity index (χ2v) is 7.14. The zero-order valence-corrected chi connectivity index (χ0v) is 13.6. The van der Waals surface area contributed by atoms with Crippen LogP contribution in [-0.4, -0.2) is 47.4 Å². The number of hydrogen-bond donors (Lipinski definition) is 0. The number of piperidine rings is 3. The number of likely N-dealkylation sites (tertiary alicyclic amines) is 1. The van der Waals surface area contributed by atoms with Crippen molar-refractivity contribution in [1.82, 2.24) is 9.80 Å². The molecule has 4 fully saturated rings. The molecule has 5 heteroatoms. The van der Waals surface area contributed by atoms with Gasteiger partial charge in [-0.2, -0.15) is 0 Å². The second kappa shape index (κ2) is 5.96. The molecule has 0 N–H and O–H groups in total. The third kappa shape index (κ3) is 2.29. The number of fused-ring (bicyclic) bond motifs is 2. The van der Waals surface area contributed by atoms with E-state index in [4.69, 9.17) is 0 Å². The van der Waals surface area contributed by atoms with Crippen molar-refractivity contribution in [3.8, 4) is 0 Å². The lowest BCUT2D eigenvalue weighted by Crippen LogP contribution is -2.60. The summed E-state index contributed by atoms with van der Waals surface area (Å²) < 4.78 is 28.2. The Morgan fingerprint density at radius 3 is 2.71 bits per heavy atom. The predicted molar refractivity (Wildman–Crippen MR) is 87.5 cm³/mol. The van der Waals surface area contributed by atoms with Crippen molar-refractivity contribution in [2.45, 2.75) is 37.3 Å². The Balaban J connectivity index is 1.74. The molecule has 1 aromatic rings. The molecule has 2 bridgehead atoms. The molecule has 5 rings (SSSR count). The minimum absolute atomic E-state index is 0.0491. The SMILES string of the molecule is C=CCC(=O)N1C[C@H](c2cccc(F)c2F)[C@H]2[C@@H]1C1CCN2CC1. The minimum atomic E-state index is -0.809. The summed E-state index contributed by atoms with van der Waals surface area (Å²) in [6.45, 7) is 6.10. The lowest BCUT2D eigenvalue weighted by atomic mass is 9.75. The summed E-state index contributed by atoms with van der Waals surface area (Å²) in [5.74, 6) is -1.22. The number of benzene rings is 1. The molecular formula is C19H22F2N2O. The standard InChI is InChI=1S/C19H22F2N2O/c1-2-4-16(24)23-11-14(13-5-3-6-15(20)17(13)21)19-18(23)12-7-9-22(19)10-8-12/h2-3,5-6,12,14,18-19H,1,4,7-11H2/t14-,18+,19+/m1/s1. The highest BCUT2D eigenvalue weighted by atomic mass is 19.2. The maximum Gasteiger partial charge on any atom is 0.226 e. The maximum absolute atomic E-state index is 14.4. The van der Waals surface area contributed by atoms with E-state index in [1.807, 2.05) is 4.90 Å². The van der Waals surface area contributed by atoms with Gasteiger partial charge >= 0.3 is 0 Å². The average molecular weight is 332 g/mol. The predicted octanol–water partition coefficient (Wildman–Crippen LogP) is 2.93. The van der Waals surface area contributed by atoms with Crippen LogP contribution in [0.25, 0.3) is 0 Å². The highest BCUT2D eigenvalue weighted by Gasteiger charge is 2.54. The molecule has 0 aromatic heterocycles. The molecule has 0 aliphatic carbocycles. The molecule has 4 aliphatic rings. The van der Waals surface area contributed by atoms with Gasteiger partial charge in [-0.1, -0.05) is 18.2 Å². The summed E-state index contributed by atoms with van der Waals surface area (Å²) in [5, 5.41) is 0. The Morgan fingerprint density at radius 2 is 2.00 bits per heavy atom. The Kier molecular flexibility index (Phi) is 3.91. The molecule has 3 nitrogen and oxygen atoms in total.